The topological polar surface area (TPSA) is 70.0 Å². The molecule has 0 bridgehead atoms. The third-order valence-corrected chi connectivity index (χ3v) is 4.62. The van der Waals surface area contributed by atoms with Gasteiger partial charge in [-0.2, -0.15) is 5.10 Å². The Morgan fingerprint density at radius 1 is 1.10 bits per heavy atom. The van der Waals surface area contributed by atoms with Gasteiger partial charge in [0.05, 0.1) is 17.3 Å². The fraction of sp³-hybridized carbons (Fsp3) is 0.227. The lowest BCUT2D eigenvalue weighted by molar-refractivity contribution is -0.132. The number of hydrogen-bond donors (Lipinski definition) is 1. The molecule has 0 aliphatic carbocycles. The number of hydrogen-bond acceptors (Lipinski definition) is 3. The van der Waals surface area contributed by atoms with Crippen LogP contribution in [-0.2, 0) is 9.59 Å². The zero-order valence-corrected chi connectivity index (χ0v) is 15.8. The minimum absolute atomic E-state index is 0.0275. The van der Waals surface area contributed by atoms with Crippen LogP contribution in [0.15, 0.2) is 59.2 Å². The van der Waals surface area contributed by atoms with Crippen molar-refractivity contribution in [2.24, 2.45) is 11.0 Å². The smallest absolute Gasteiger partial charge is 0.331 e. The van der Waals surface area contributed by atoms with Gasteiger partial charge in [-0.05, 0) is 60.9 Å². The number of aliphatic carboxylic acids is 1. The molecular weight excluding hydrogens is 378 g/mol. The molecule has 3 rings (SSSR count). The third-order valence-electron chi connectivity index (χ3n) is 4.62. The second-order valence-electron chi connectivity index (χ2n) is 6.75. The molecule has 0 saturated heterocycles. The summed E-state index contributed by atoms with van der Waals surface area (Å²) >= 11 is 0. The molecule has 0 fully saturated rings. The average molecular weight is 398 g/mol. The first-order valence-electron chi connectivity index (χ1n) is 9.25. The largest absolute Gasteiger partial charge is 0.478 e. The van der Waals surface area contributed by atoms with Crippen LogP contribution in [0.25, 0.3) is 6.08 Å². The molecule has 1 aliphatic heterocycles. The lowest BCUT2D eigenvalue weighted by Crippen LogP contribution is -2.28. The van der Waals surface area contributed by atoms with Crippen LogP contribution in [0.2, 0.25) is 0 Å². The van der Waals surface area contributed by atoms with Gasteiger partial charge in [0, 0.05) is 5.57 Å². The van der Waals surface area contributed by atoms with Crippen molar-refractivity contribution in [1.82, 2.24) is 0 Å². The Morgan fingerprint density at radius 2 is 1.69 bits per heavy atom. The highest BCUT2D eigenvalue weighted by Gasteiger charge is 2.37. The van der Waals surface area contributed by atoms with Crippen molar-refractivity contribution in [2.45, 2.75) is 26.2 Å². The summed E-state index contributed by atoms with van der Waals surface area (Å²) in [6, 6.07) is 10.8. The van der Waals surface area contributed by atoms with Crippen LogP contribution in [0.5, 0.6) is 0 Å². The number of nitrogens with zero attached hydrogens (tertiary/aromatic N) is 2. The molecule has 150 valence electrons. The summed E-state index contributed by atoms with van der Waals surface area (Å²) in [6.45, 7) is 1.94. The Labute approximate surface area is 167 Å². The fourth-order valence-electron chi connectivity index (χ4n) is 3.18. The molecule has 7 heteroatoms. The van der Waals surface area contributed by atoms with Gasteiger partial charge in [0.2, 0.25) is 0 Å². The molecule has 29 heavy (non-hydrogen) atoms. The standard InChI is InChI=1S/C22H20F2N2O3/c1-2-3-20-19(21(27)26(25-20)18-10-8-17(24)9-11-18)13-15(22(28)29)12-14-4-6-16(23)7-5-14/h4-12,19H,2-3,13H2,1H3,(H,28,29). The summed E-state index contributed by atoms with van der Waals surface area (Å²) in [5, 5.41) is 15.2. The molecule has 2 aromatic rings. The van der Waals surface area contributed by atoms with Gasteiger partial charge in [0.25, 0.3) is 5.91 Å². The van der Waals surface area contributed by atoms with Crippen molar-refractivity contribution in [3.8, 4) is 0 Å². The SMILES string of the molecule is CCCC1=NN(c2ccc(F)cc2)C(=O)C1CC(=Cc1ccc(F)cc1)C(=O)O. The number of carbonyl (C=O) groups is 2. The van der Waals surface area contributed by atoms with Crippen LogP contribution in [0.4, 0.5) is 14.5 Å². The minimum Gasteiger partial charge on any atom is -0.478 e. The molecule has 1 N–H and O–H groups in total. The summed E-state index contributed by atoms with van der Waals surface area (Å²) < 4.78 is 26.3. The second kappa shape index (κ2) is 8.77. The van der Waals surface area contributed by atoms with E-state index in [0.29, 0.717) is 23.4 Å². The van der Waals surface area contributed by atoms with Gasteiger partial charge >= 0.3 is 5.97 Å². The van der Waals surface area contributed by atoms with E-state index in [9.17, 15) is 23.5 Å². The Hall–Kier alpha value is -3.35. The second-order valence-corrected chi connectivity index (χ2v) is 6.75. The third kappa shape index (κ3) is 4.74. The van der Waals surface area contributed by atoms with Crippen molar-refractivity contribution >= 4 is 29.4 Å². The number of benzene rings is 2. The van der Waals surface area contributed by atoms with Crippen molar-refractivity contribution in [2.75, 3.05) is 5.01 Å². The number of amides is 1. The fourth-order valence-corrected chi connectivity index (χ4v) is 3.18. The van der Waals surface area contributed by atoms with E-state index in [4.69, 9.17) is 0 Å². The number of carbonyl (C=O) groups excluding carboxylic acids is 1. The predicted molar refractivity (Wildman–Crippen MR) is 106 cm³/mol. The van der Waals surface area contributed by atoms with Gasteiger partial charge in [-0.1, -0.05) is 25.5 Å². The summed E-state index contributed by atoms with van der Waals surface area (Å²) in [6.07, 6.45) is 2.67. The van der Waals surface area contributed by atoms with Crippen molar-refractivity contribution in [3.05, 3.63) is 71.3 Å². The average Bonchev–Trinajstić information content (AvgIpc) is 2.99. The lowest BCUT2D eigenvalue weighted by Gasteiger charge is -2.15. The van der Waals surface area contributed by atoms with Crippen LogP contribution in [0.1, 0.15) is 31.7 Å². The monoisotopic (exact) mass is 398 g/mol. The highest BCUT2D eigenvalue weighted by Crippen LogP contribution is 2.30. The van der Waals surface area contributed by atoms with Gasteiger partial charge in [-0.15, -0.1) is 0 Å². The van der Waals surface area contributed by atoms with E-state index in [2.05, 4.69) is 5.10 Å². The zero-order chi connectivity index (χ0) is 21.0. The molecule has 0 spiro atoms. The number of carboxylic acids is 1. The molecule has 1 aliphatic rings. The van der Waals surface area contributed by atoms with E-state index in [-0.39, 0.29) is 17.9 Å². The Balaban J connectivity index is 1.89. The highest BCUT2D eigenvalue weighted by molar-refractivity contribution is 6.16. The van der Waals surface area contributed by atoms with Gasteiger partial charge < -0.3 is 5.11 Å². The molecule has 1 heterocycles. The molecule has 2 aromatic carbocycles. The van der Waals surface area contributed by atoms with Crippen molar-refractivity contribution in [3.63, 3.8) is 0 Å². The Bertz CT molecular complexity index is 967. The highest BCUT2D eigenvalue weighted by atomic mass is 19.1. The van der Waals surface area contributed by atoms with E-state index in [1.54, 1.807) is 0 Å². The first kappa shape index (κ1) is 20.4. The number of rotatable bonds is 7. The maximum atomic E-state index is 13.2. The molecule has 0 radical (unpaired) electrons. The van der Waals surface area contributed by atoms with Gasteiger partial charge in [-0.25, -0.2) is 18.6 Å². The molecule has 1 unspecified atom stereocenters. The molecule has 0 saturated carbocycles. The summed E-state index contributed by atoms with van der Waals surface area (Å²) in [5.74, 6) is -3.07. The van der Waals surface area contributed by atoms with Gasteiger partial charge in [0.1, 0.15) is 11.6 Å². The molecule has 5 nitrogen and oxygen atoms in total. The first-order chi connectivity index (χ1) is 13.9. The normalized spacial score (nSPS) is 16.9. The van der Waals surface area contributed by atoms with Gasteiger partial charge in [0.15, 0.2) is 0 Å². The van der Waals surface area contributed by atoms with Crippen LogP contribution in [0.3, 0.4) is 0 Å². The molecule has 1 amide bonds. The molecule has 0 aromatic heterocycles. The maximum Gasteiger partial charge on any atom is 0.331 e. The van der Waals surface area contributed by atoms with Crippen LogP contribution in [-0.4, -0.2) is 22.7 Å². The van der Waals surface area contributed by atoms with E-state index < -0.39 is 23.5 Å². The molecule has 1 atom stereocenters. The van der Waals surface area contributed by atoms with Gasteiger partial charge in [-0.3, -0.25) is 4.79 Å². The van der Waals surface area contributed by atoms with Crippen molar-refractivity contribution in [1.29, 1.82) is 0 Å². The Morgan fingerprint density at radius 3 is 2.24 bits per heavy atom. The predicted octanol–water partition coefficient (Wildman–Crippen LogP) is 4.64. The zero-order valence-electron chi connectivity index (χ0n) is 15.8. The Kier molecular flexibility index (Phi) is 6.16. The first-order valence-corrected chi connectivity index (χ1v) is 9.25. The summed E-state index contributed by atoms with van der Waals surface area (Å²) in [5.41, 5.74) is 1.57. The van der Waals surface area contributed by atoms with Crippen molar-refractivity contribution < 1.29 is 23.5 Å². The quantitative estimate of drug-likeness (QED) is 0.691. The van der Waals surface area contributed by atoms with Crippen LogP contribution in [0, 0.1) is 17.6 Å². The number of carboxylic acid groups (broad SMARTS) is 1. The van der Waals surface area contributed by atoms with Crippen LogP contribution < -0.4 is 5.01 Å². The van der Waals surface area contributed by atoms with E-state index in [1.807, 2.05) is 6.92 Å². The number of anilines is 1. The van der Waals surface area contributed by atoms with E-state index in [0.717, 1.165) is 6.42 Å². The number of halogens is 2. The lowest BCUT2D eigenvalue weighted by atomic mass is 9.91. The summed E-state index contributed by atoms with van der Waals surface area (Å²) in [4.78, 5) is 24.7. The summed E-state index contributed by atoms with van der Waals surface area (Å²) in [7, 11) is 0. The minimum atomic E-state index is -1.15. The maximum absolute atomic E-state index is 13.2. The van der Waals surface area contributed by atoms with E-state index >= 15 is 0 Å². The van der Waals surface area contributed by atoms with E-state index in [1.165, 1.54) is 59.6 Å². The van der Waals surface area contributed by atoms with Crippen LogP contribution >= 0.6 is 0 Å². The molecular formula is C22H20F2N2O3. The number of hydrazone groups is 1.